The van der Waals surface area contributed by atoms with Crippen LogP contribution in [-0.4, -0.2) is 23.4 Å². The molecule has 3 N–H and O–H groups in total. The molecule has 0 bridgehead atoms. The largest absolute Gasteiger partial charge is 0.338 e. The molecule has 4 nitrogen and oxygen atoms in total. The molecule has 0 heterocycles. The number of hydrazine groups is 1. The van der Waals surface area contributed by atoms with Gasteiger partial charge in [-0.3, -0.25) is 5.43 Å². The highest BCUT2D eigenvalue weighted by atomic mass is 15.4. The van der Waals surface area contributed by atoms with Gasteiger partial charge in [0.2, 0.25) is 5.96 Å². The zero-order valence-corrected chi connectivity index (χ0v) is 11.7. The Hall–Kier alpha value is -1.55. The molecule has 0 unspecified atom stereocenters. The molecule has 104 valence electrons. The monoisotopic (exact) mass is 260 g/mol. The lowest BCUT2D eigenvalue weighted by atomic mass is 10.2. The average molecular weight is 260 g/mol. The van der Waals surface area contributed by atoms with Gasteiger partial charge < -0.3 is 4.90 Å². The summed E-state index contributed by atoms with van der Waals surface area (Å²) in [5, 5.41) is 0. The van der Waals surface area contributed by atoms with Crippen LogP contribution in [0.25, 0.3) is 0 Å². The van der Waals surface area contributed by atoms with Gasteiger partial charge in [0.1, 0.15) is 0 Å². The lowest BCUT2D eigenvalue weighted by Gasteiger charge is -2.25. The highest BCUT2D eigenvalue weighted by Gasteiger charge is 2.17. The van der Waals surface area contributed by atoms with E-state index in [-0.39, 0.29) is 0 Å². The second-order valence-electron chi connectivity index (χ2n) is 5.04. The molecule has 0 radical (unpaired) electrons. The number of hydrogen-bond acceptors (Lipinski definition) is 2. The normalized spacial score (nSPS) is 16.6. The second kappa shape index (κ2) is 7.14. The second-order valence-corrected chi connectivity index (χ2v) is 5.04. The third-order valence-corrected chi connectivity index (χ3v) is 3.66. The number of rotatable bonds is 4. The van der Waals surface area contributed by atoms with E-state index in [4.69, 9.17) is 10.8 Å². The Morgan fingerprint density at radius 3 is 2.58 bits per heavy atom. The van der Waals surface area contributed by atoms with Gasteiger partial charge in [-0.2, -0.15) is 0 Å². The van der Waals surface area contributed by atoms with Crippen LogP contribution in [0.2, 0.25) is 0 Å². The Morgan fingerprint density at radius 2 is 2.00 bits per heavy atom. The van der Waals surface area contributed by atoms with E-state index in [0.717, 1.165) is 19.0 Å². The molecule has 2 rings (SSSR count). The molecular formula is C15H24N4. The van der Waals surface area contributed by atoms with Crippen molar-refractivity contribution in [1.82, 2.24) is 10.3 Å². The summed E-state index contributed by atoms with van der Waals surface area (Å²) in [5.74, 6) is 6.48. The van der Waals surface area contributed by atoms with Gasteiger partial charge in [-0.15, -0.1) is 0 Å². The highest BCUT2D eigenvalue weighted by molar-refractivity contribution is 5.79. The van der Waals surface area contributed by atoms with Gasteiger partial charge >= 0.3 is 0 Å². The number of nitrogens with two attached hydrogens (primary N) is 1. The van der Waals surface area contributed by atoms with Crippen LogP contribution in [0.15, 0.2) is 35.3 Å². The summed E-state index contributed by atoms with van der Waals surface area (Å²) in [7, 11) is 0. The Labute approximate surface area is 115 Å². The lowest BCUT2D eigenvalue weighted by Crippen LogP contribution is -2.45. The molecule has 1 aromatic carbocycles. The van der Waals surface area contributed by atoms with Crippen molar-refractivity contribution >= 4 is 5.96 Å². The fourth-order valence-corrected chi connectivity index (χ4v) is 2.56. The molecule has 0 saturated heterocycles. The van der Waals surface area contributed by atoms with Crippen molar-refractivity contribution in [3.63, 3.8) is 0 Å². The van der Waals surface area contributed by atoms with Gasteiger partial charge in [0.15, 0.2) is 0 Å². The molecule has 1 aliphatic carbocycles. The molecule has 1 saturated carbocycles. The van der Waals surface area contributed by atoms with Gasteiger partial charge in [-0.25, -0.2) is 10.8 Å². The Balaban J connectivity index is 2.05. The van der Waals surface area contributed by atoms with Crippen molar-refractivity contribution in [2.24, 2.45) is 10.8 Å². The third-order valence-electron chi connectivity index (χ3n) is 3.66. The minimum Gasteiger partial charge on any atom is -0.338 e. The predicted molar refractivity (Wildman–Crippen MR) is 79.5 cm³/mol. The van der Waals surface area contributed by atoms with E-state index in [1.165, 1.54) is 31.2 Å². The number of nitrogens with zero attached hydrogens (tertiary/aromatic N) is 2. The number of aliphatic imine (C=N–C) groups is 1. The minimum atomic E-state index is 0.441. The first kappa shape index (κ1) is 13.9. The van der Waals surface area contributed by atoms with Crippen molar-refractivity contribution in [2.75, 3.05) is 6.54 Å². The minimum absolute atomic E-state index is 0.441. The first-order valence-electron chi connectivity index (χ1n) is 7.16. The molecule has 19 heavy (non-hydrogen) atoms. The lowest BCUT2D eigenvalue weighted by molar-refractivity contribution is 0.413. The maximum absolute atomic E-state index is 5.66. The van der Waals surface area contributed by atoms with Crippen LogP contribution < -0.4 is 11.3 Å². The number of guanidine groups is 1. The molecule has 0 aliphatic heterocycles. The van der Waals surface area contributed by atoms with E-state index in [2.05, 4.69) is 41.5 Å². The zero-order valence-electron chi connectivity index (χ0n) is 11.7. The van der Waals surface area contributed by atoms with Crippen molar-refractivity contribution in [1.29, 1.82) is 0 Å². The summed E-state index contributed by atoms with van der Waals surface area (Å²) in [5.41, 5.74) is 4.05. The van der Waals surface area contributed by atoms with Crippen molar-refractivity contribution in [3.05, 3.63) is 35.9 Å². The standard InChI is InChI=1S/C15H24N4/c1-2-19(12-13-8-4-3-5-9-13)15(18-16)17-14-10-6-7-11-14/h3-5,8-9,14H,2,6-7,10-12,16H2,1H3,(H,17,18). The van der Waals surface area contributed by atoms with E-state index in [9.17, 15) is 0 Å². The predicted octanol–water partition coefficient (Wildman–Crippen LogP) is 2.27. The molecule has 1 aliphatic rings. The van der Waals surface area contributed by atoms with Gasteiger partial charge in [-0.1, -0.05) is 43.2 Å². The number of hydrogen-bond donors (Lipinski definition) is 2. The fourth-order valence-electron chi connectivity index (χ4n) is 2.56. The van der Waals surface area contributed by atoms with Crippen LogP contribution in [0.3, 0.4) is 0 Å². The summed E-state index contributed by atoms with van der Waals surface area (Å²) >= 11 is 0. The molecule has 1 fully saturated rings. The molecule has 0 spiro atoms. The van der Waals surface area contributed by atoms with Gasteiger partial charge in [0.05, 0.1) is 6.04 Å². The van der Waals surface area contributed by atoms with E-state index in [1.54, 1.807) is 0 Å². The van der Waals surface area contributed by atoms with E-state index < -0.39 is 0 Å². The molecule has 0 amide bonds. The number of nitrogens with one attached hydrogen (secondary N) is 1. The average Bonchev–Trinajstić information content (AvgIpc) is 2.96. The van der Waals surface area contributed by atoms with E-state index >= 15 is 0 Å². The third kappa shape index (κ3) is 3.96. The Bertz CT molecular complexity index is 396. The summed E-state index contributed by atoms with van der Waals surface area (Å²) < 4.78 is 0. The van der Waals surface area contributed by atoms with E-state index in [0.29, 0.717) is 6.04 Å². The van der Waals surface area contributed by atoms with Gasteiger partial charge in [0, 0.05) is 13.1 Å². The summed E-state index contributed by atoms with van der Waals surface area (Å²) in [4.78, 5) is 6.96. The molecule has 0 atom stereocenters. The van der Waals surface area contributed by atoms with Crippen LogP contribution in [0.4, 0.5) is 0 Å². The summed E-state index contributed by atoms with van der Waals surface area (Å²) in [6.45, 7) is 3.86. The number of benzene rings is 1. The first-order chi connectivity index (χ1) is 9.33. The fraction of sp³-hybridized carbons (Fsp3) is 0.533. The molecule has 4 heteroatoms. The van der Waals surface area contributed by atoms with E-state index in [1.807, 2.05) is 6.07 Å². The van der Waals surface area contributed by atoms with Crippen molar-refractivity contribution in [2.45, 2.75) is 45.2 Å². The summed E-state index contributed by atoms with van der Waals surface area (Å²) in [6.07, 6.45) is 4.95. The Kier molecular flexibility index (Phi) is 5.21. The van der Waals surface area contributed by atoms with Crippen molar-refractivity contribution < 1.29 is 0 Å². The SMILES string of the molecule is CCN(Cc1ccccc1)C(=NC1CCCC1)NN. The highest BCUT2D eigenvalue weighted by Crippen LogP contribution is 2.21. The van der Waals surface area contributed by atoms with Crippen LogP contribution >= 0.6 is 0 Å². The first-order valence-corrected chi connectivity index (χ1v) is 7.16. The topological polar surface area (TPSA) is 53.6 Å². The zero-order chi connectivity index (χ0) is 13.5. The van der Waals surface area contributed by atoms with Gasteiger partial charge in [-0.05, 0) is 25.3 Å². The van der Waals surface area contributed by atoms with Crippen LogP contribution in [-0.2, 0) is 6.54 Å². The van der Waals surface area contributed by atoms with Gasteiger partial charge in [0.25, 0.3) is 0 Å². The molecule has 1 aromatic rings. The Morgan fingerprint density at radius 1 is 1.32 bits per heavy atom. The molecular weight excluding hydrogens is 236 g/mol. The quantitative estimate of drug-likeness (QED) is 0.378. The van der Waals surface area contributed by atoms with Crippen LogP contribution in [0.5, 0.6) is 0 Å². The van der Waals surface area contributed by atoms with Crippen LogP contribution in [0, 0.1) is 0 Å². The maximum Gasteiger partial charge on any atom is 0.208 e. The maximum atomic E-state index is 5.66. The van der Waals surface area contributed by atoms with Crippen molar-refractivity contribution in [3.8, 4) is 0 Å². The summed E-state index contributed by atoms with van der Waals surface area (Å²) in [6, 6.07) is 10.9. The van der Waals surface area contributed by atoms with Crippen LogP contribution in [0.1, 0.15) is 38.2 Å². The smallest absolute Gasteiger partial charge is 0.208 e. The molecule has 0 aromatic heterocycles.